The molecule has 3 aromatic rings. The van der Waals surface area contributed by atoms with Crippen molar-refractivity contribution in [3.05, 3.63) is 76.3 Å². The lowest BCUT2D eigenvalue weighted by Crippen LogP contribution is -2.41. The highest BCUT2D eigenvalue weighted by Crippen LogP contribution is 2.22. The van der Waals surface area contributed by atoms with Crippen molar-refractivity contribution in [3.63, 3.8) is 0 Å². The standard InChI is InChI=1S/C20H19N3O5S/c1-13-7-9-17(23(25)26)12-19(13)21-20(24)14(2)22-29(27,28)18-10-8-15-5-3-4-6-16(15)11-18/h3-12,14,22H,1-2H3,(H,21,24)/t14-/m0/s1. The normalized spacial score (nSPS) is 12.5. The van der Waals surface area contributed by atoms with Gasteiger partial charge in [-0.3, -0.25) is 14.9 Å². The third-order valence-corrected chi connectivity index (χ3v) is 5.98. The zero-order chi connectivity index (χ0) is 21.2. The maximum atomic E-state index is 12.7. The van der Waals surface area contributed by atoms with Crippen LogP contribution in [0, 0.1) is 17.0 Å². The van der Waals surface area contributed by atoms with Gasteiger partial charge >= 0.3 is 0 Å². The van der Waals surface area contributed by atoms with E-state index in [2.05, 4.69) is 10.0 Å². The second kappa shape index (κ2) is 7.98. The highest BCUT2D eigenvalue weighted by Gasteiger charge is 2.23. The van der Waals surface area contributed by atoms with Crippen molar-refractivity contribution in [3.8, 4) is 0 Å². The molecule has 1 atom stereocenters. The number of rotatable bonds is 6. The number of carbonyl (C=O) groups excluding carboxylic acids is 1. The zero-order valence-electron chi connectivity index (χ0n) is 15.7. The number of hydrogen-bond donors (Lipinski definition) is 2. The third-order valence-electron chi connectivity index (χ3n) is 4.45. The SMILES string of the molecule is Cc1ccc([N+](=O)[O-])cc1NC(=O)[C@H](C)NS(=O)(=O)c1ccc2ccccc2c1. The number of aryl methyl sites for hydroxylation is 1. The van der Waals surface area contributed by atoms with Gasteiger partial charge in [-0.05, 0) is 42.3 Å². The number of nitrogens with zero attached hydrogens (tertiary/aromatic N) is 1. The lowest BCUT2D eigenvalue weighted by atomic mass is 10.1. The van der Waals surface area contributed by atoms with Crippen LogP contribution in [0.3, 0.4) is 0 Å². The van der Waals surface area contributed by atoms with Crippen molar-refractivity contribution >= 4 is 38.1 Å². The molecule has 8 nitrogen and oxygen atoms in total. The van der Waals surface area contributed by atoms with Gasteiger partial charge in [0.1, 0.15) is 0 Å². The van der Waals surface area contributed by atoms with Crippen molar-refractivity contribution in [1.82, 2.24) is 4.72 Å². The van der Waals surface area contributed by atoms with Crippen LogP contribution in [0.5, 0.6) is 0 Å². The molecule has 3 aromatic carbocycles. The minimum atomic E-state index is -3.94. The quantitative estimate of drug-likeness (QED) is 0.474. The van der Waals surface area contributed by atoms with E-state index >= 15 is 0 Å². The van der Waals surface area contributed by atoms with Crippen LogP contribution >= 0.6 is 0 Å². The van der Waals surface area contributed by atoms with Gasteiger partial charge < -0.3 is 5.32 Å². The molecule has 29 heavy (non-hydrogen) atoms. The number of sulfonamides is 1. The van der Waals surface area contributed by atoms with E-state index in [4.69, 9.17) is 0 Å². The van der Waals surface area contributed by atoms with E-state index < -0.39 is 26.9 Å². The molecule has 1 amide bonds. The third kappa shape index (κ3) is 4.58. The van der Waals surface area contributed by atoms with Crippen LogP contribution in [0.15, 0.2) is 65.6 Å². The minimum Gasteiger partial charge on any atom is -0.324 e. The fourth-order valence-electron chi connectivity index (χ4n) is 2.79. The summed E-state index contributed by atoms with van der Waals surface area (Å²) in [5.74, 6) is -0.627. The first kappa shape index (κ1) is 20.4. The number of non-ortho nitro benzene ring substituents is 1. The Morgan fingerprint density at radius 2 is 1.72 bits per heavy atom. The first-order chi connectivity index (χ1) is 13.7. The molecule has 0 spiro atoms. The first-order valence-electron chi connectivity index (χ1n) is 8.74. The Bertz CT molecular complexity index is 1210. The van der Waals surface area contributed by atoms with Crippen LogP contribution in [-0.4, -0.2) is 25.3 Å². The summed E-state index contributed by atoms with van der Waals surface area (Å²) >= 11 is 0. The molecule has 3 rings (SSSR count). The Kier molecular flexibility index (Phi) is 5.62. The van der Waals surface area contributed by atoms with E-state index in [1.54, 1.807) is 19.1 Å². The maximum absolute atomic E-state index is 12.7. The van der Waals surface area contributed by atoms with E-state index in [1.165, 1.54) is 37.3 Å². The summed E-state index contributed by atoms with van der Waals surface area (Å²) in [4.78, 5) is 22.9. The van der Waals surface area contributed by atoms with Crippen molar-refractivity contribution in [1.29, 1.82) is 0 Å². The summed E-state index contributed by atoms with van der Waals surface area (Å²) in [6.45, 7) is 3.09. The number of hydrogen-bond acceptors (Lipinski definition) is 5. The number of benzene rings is 3. The molecule has 0 fully saturated rings. The van der Waals surface area contributed by atoms with Crippen LogP contribution in [0.1, 0.15) is 12.5 Å². The first-order valence-corrected chi connectivity index (χ1v) is 10.2. The Morgan fingerprint density at radius 1 is 1.03 bits per heavy atom. The maximum Gasteiger partial charge on any atom is 0.271 e. The van der Waals surface area contributed by atoms with Gasteiger partial charge in [-0.2, -0.15) is 4.72 Å². The molecule has 0 radical (unpaired) electrons. The van der Waals surface area contributed by atoms with Gasteiger partial charge in [-0.1, -0.05) is 36.4 Å². The molecule has 0 heterocycles. The predicted octanol–water partition coefficient (Wildman–Crippen LogP) is 3.36. The molecular weight excluding hydrogens is 394 g/mol. The number of fused-ring (bicyclic) bond motifs is 1. The molecule has 0 aliphatic rings. The second-order valence-corrected chi connectivity index (χ2v) is 8.31. The molecule has 0 saturated carbocycles. The minimum absolute atomic E-state index is 0.0439. The predicted molar refractivity (Wildman–Crippen MR) is 110 cm³/mol. The highest BCUT2D eigenvalue weighted by molar-refractivity contribution is 7.89. The van der Waals surface area contributed by atoms with Crippen molar-refractivity contribution < 1.29 is 18.1 Å². The van der Waals surface area contributed by atoms with Gasteiger partial charge in [0, 0.05) is 12.1 Å². The van der Waals surface area contributed by atoms with E-state index in [1.807, 2.05) is 18.2 Å². The Labute approximate surface area is 167 Å². The molecule has 2 N–H and O–H groups in total. The van der Waals surface area contributed by atoms with Gasteiger partial charge in [0.15, 0.2) is 0 Å². The monoisotopic (exact) mass is 413 g/mol. The molecule has 0 unspecified atom stereocenters. The van der Waals surface area contributed by atoms with Gasteiger partial charge in [0.25, 0.3) is 5.69 Å². The molecular formula is C20H19N3O5S. The van der Waals surface area contributed by atoms with E-state index in [-0.39, 0.29) is 16.3 Å². The van der Waals surface area contributed by atoms with Crippen LogP contribution in [0.25, 0.3) is 10.8 Å². The Balaban J connectivity index is 1.77. The summed E-state index contributed by atoms with van der Waals surface area (Å²) in [6.07, 6.45) is 0. The van der Waals surface area contributed by atoms with Crippen LogP contribution < -0.4 is 10.0 Å². The zero-order valence-corrected chi connectivity index (χ0v) is 16.6. The number of amides is 1. The Hall–Kier alpha value is -3.30. The molecule has 0 aliphatic carbocycles. The van der Waals surface area contributed by atoms with E-state index in [9.17, 15) is 23.3 Å². The highest BCUT2D eigenvalue weighted by atomic mass is 32.2. The molecule has 0 aliphatic heterocycles. The summed E-state index contributed by atoms with van der Waals surface area (Å²) in [5, 5.41) is 15.1. The van der Waals surface area contributed by atoms with Gasteiger partial charge in [-0.15, -0.1) is 0 Å². The summed E-state index contributed by atoms with van der Waals surface area (Å²) in [7, 11) is -3.94. The fourth-order valence-corrected chi connectivity index (χ4v) is 4.03. The van der Waals surface area contributed by atoms with E-state index in [0.29, 0.717) is 5.56 Å². The number of anilines is 1. The number of nitrogens with one attached hydrogen (secondary N) is 2. The second-order valence-electron chi connectivity index (χ2n) is 6.60. The fraction of sp³-hybridized carbons (Fsp3) is 0.150. The van der Waals surface area contributed by atoms with Crippen molar-refractivity contribution in [2.75, 3.05) is 5.32 Å². The lowest BCUT2D eigenvalue weighted by molar-refractivity contribution is -0.384. The molecule has 0 saturated heterocycles. The molecule has 9 heteroatoms. The van der Waals surface area contributed by atoms with Crippen LogP contribution in [0.4, 0.5) is 11.4 Å². The van der Waals surface area contributed by atoms with Gasteiger partial charge in [0.2, 0.25) is 15.9 Å². The lowest BCUT2D eigenvalue weighted by Gasteiger charge is -2.16. The molecule has 0 bridgehead atoms. The average Bonchev–Trinajstić information content (AvgIpc) is 2.68. The summed E-state index contributed by atoms with van der Waals surface area (Å²) in [5.41, 5.74) is 0.699. The van der Waals surface area contributed by atoms with E-state index in [0.717, 1.165) is 10.8 Å². The molecule has 0 aromatic heterocycles. The topological polar surface area (TPSA) is 118 Å². The summed E-state index contributed by atoms with van der Waals surface area (Å²) in [6, 6.07) is 15.0. The largest absolute Gasteiger partial charge is 0.324 e. The number of nitro benzene ring substituents is 1. The molecule has 150 valence electrons. The Morgan fingerprint density at radius 3 is 2.41 bits per heavy atom. The smallest absolute Gasteiger partial charge is 0.271 e. The average molecular weight is 413 g/mol. The van der Waals surface area contributed by atoms with Gasteiger partial charge in [0.05, 0.1) is 21.5 Å². The van der Waals surface area contributed by atoms with Crippen molar-refractivity contribution in [2.45, 2.75) is 24.8 Å². The van der Waals surface area contributed by atoms with Crippen molar-refractivity contribution in [2.24, 2.45) is 0 Å². The summed E-state index contributed by atoms with van der Waals surface area (Å²) < 4.78 is 27.7. The number of carbonyl (C=O) groups is 1. The van der Waals surface area contributed by atoms with Crippen LogP contribution in [-0.2, 0) is 14.8 Å². The number of nitro groups is 1. The van der Waals surface area contributed by atoms with Crippen LogP contribution in [0.2, 0.25) is 0 Å². The van der Waals surface area contributed by atoms with Gasteiger partial charge in [-0.25, -0.2) is 8.42 Å².